The van der Waals surface area contributed by atoms with E-state index in [-0.39, 0.29) is 0 Å². The van der Waals surface area contributed by atoms with E-state index in [0.29, 0.717) is 5.54 Å². The Kier molecular flexibility index (Phi) is 5.27. The Balaban J connectivity index is 1.93. The van der Waals surface area contributed by atoms with E-state index in [1.54, 1.807) is 0 Å². The van der Waals surface area contributed by atoms with Gasteiger partial charge in [-0.25, -0.2) is 0 Å². The minimum absolute atomic E-state index is 0.308. The molecule has 2 saturated heterocycles. The van der Waals surface area contributed by atoms with Crippen molar-refractivity contribution in [2.24, 2.45) is 17.6 Å². The van der Waals surface area contributed by atoms with Gasteiger partial charge in [0.25, 0.3) is 0 Å². The average molecular weight is 267 g/mol. The van der Waals surface area contributed by atoms with Gasteiger partial charge in [0.15, 0.2) is 0 Å². The maximum Gasteiger partial charge on any atom is 0.0356 e. The Bertz CT molecular complexity index is 269. The highest BCUT2D eigenvalue weighted by atomic mass is 15.2. The molecule has 0 aliphatic carbocycles. The first-order chi connectivity index (χ1) is 9.05. The average Bonchev–Trinajstić information content (AvgIpc) is 2.39. The molecule has 3 nitrogen and oxygen atoms in total. The highest BCUT2D eigenvalue weighted by Gasteiger charge is 2.39. The molecule has 0 aromatic heterocycles. The summed E-state index contributed by atoms with van der Waals surface area (Å²) in [6.45, 7) is 14.1. The molecule has 3 heteroatoms. The summed E-state index contributed by atoms with van der Waals surface area (Å²) in [6.07, 6.45) is 5.29. The summed E-state index contributed by atoms with van der Waals surface area (Å²) in [6, 6.07) is 0. The zero-order valence-electron chi connectivity index (χ0n) is 13.2. The highest BCUT2D eigenvalue weighted by molar-refractivity contribution is 4.97. The summed E-state index contributed by atoms with van der Waals surface area (Å²) in [5.74, 6) is 1.63. The molecule has 0 bridgehead atoms. The quantitative estimate of drug-likeness (QED) is 0.847. The lowest BCUT2D eigenvalue weighted by Gasteiger charge is -2.51. The Hall–Kier alpha value is -0.120. The van der Waals surface area contributed by atoms with E-state index in [1.165, 1.54) is 58.4 Å². The molecule has 2 heterocycles. The Morgan fingerprint density at radius 1 is 1.21 bits per heavy atom. The zero-order chi connectivity index (χ0) is 13.9. The van der Waals surface area contributed by atoms with Crippen molar-refractivity contribution in [3.8, 4) is 0 Å². The number of nitrogens with zero attached hydrogens (tertiary/aromatic N) is 2. The van der Waals surface area contributed by atoms with Crippen molar-refractivity contribution in [2.45, 2.75) is 52.0 Å². The number of nitrogens with two attached hydrogens (primary N) is 1. The SMILES string of the molecule is CC(C)CN1CCC(CN)(N2CCCC(C)C2)CC1. The van der Waals surface area contributed by atoms with Crippen LogP contribution in [0.2, 0.25) is 0 Å². The fourth-order valence-electron chi connectivity index (χ4n) is 3.94. The maximum absolute atomic E-state index is 6.20. The molecule has 1 unspecified atom stereocenters. The standard InChI is InChI=1S/C16H33N3/c1-14(2)11-18-9-6-16(13-17,7-10-18)19-8-4-5-15(3)12-19/h14-15H,4-13,17H2,1-3H3. The number of hydrogen-bond donors (Lipinski definition) is 1. The predicted molar refractivity (Wildman–Crippen MR) is 82.3 cm³/mol. The highest BCUT2D eigenvalue weighted by Crippen LogP contribution is 2.32. The first-order valence-electron chi connectivity index (χ1n) is 8.23. The van der Waals surface area contributed by atoms with E-state index < -0.39 is 0 Å². The van der Waals surface area contributed by atoms with E-state index in [0.717, 1.165) is 18.4 Å². The van der Waals surface area contributed by atoms with Crippen molar-refractivity contribution in [3.05, 3.63) is 0 Å². The van der Waals surface area contributed by atoms with Crippen molar-refractivity contribution in [1.29, 1.82) is 0 Å². The van der Waals surface area contributed by atoms with Crippen LogP contribution in [-0.4, -0.2) is 54.6 Å². The summed E-state index contributed by atoms with van der Waals surface area (Å²) >= 11 is 0. The third-order valence-corrected chi connectivity index (χ3v) is 5.12. The van der Waals surface area contributed by atoms with Crippen LogP contribution in [0.25, 0.3) is 0 Å². The van der Waals surface area contributed by atoms with E-state index in [4.69, 9.17) is 5.73 Å². The van der Waals surface area contributed by atoms with Crippen LogP contribution in [0.15, 0.2) is 0 Å². The summed E-state index contributed by atoms with van der Waals surface area (Å²) in [5, 5.41) is 0. The molecule has 19 heavy (non-hydrogen) atoms. The number of hydrogen-bond acceptors (Lipinski definition) is 3. The van der Waals surface area contributed by atoms with Crippen molar-refractivity contribution in [1.82, 2.24) is 9.80 Å². The van der Waals surface area contributed by atoms with Crippen LogP contribution in [0.3, 0.4) is 0 Å². The Morgan fingerprint density at radius 2 is 1.89 bits per heavy atom. The van der Waals surface area contributed by atoms with Crippen molar-refractivity contribution in [2.75, 3.05) is 39.3 Å². The fraction of sp³-hybridized carbons (Fsp3) is 1.00. The van der Waals surface area contributed by atoms with Gasteiger partial charge in [0.05, 0.1) is 0 Å². The van der Waals surface area contributed by atoms with Gasteiger partial charge in [-0.3, -0.25) is 4.90 Å². The first-order valence-corrected chi connectivity index (χ1v) is 8.23. The summed E-state index contributed by atoms with van der Waals surface area (Å²) in [5.41, 5.74) is 6.51. The molecule has 0 radical (unpaired) electrons. The van der Waals surface area contributed by atoms with Gasteiger partial charge in [0, 0.05) is 25.2 Å². The molecule has 1 atom stereocenters. The van der Waals surface area contributed by atoms with Crippen LogP contribution >= 0.6 is 0 Å². The molecule has 0 aromatic rings. The van der Waals surface area contributed by atoms with Gasteiger partial charge in [0.2, 0.25) is 0 Å². The molecule has 0 saturated carbocycles. The molecule has 0 amide bonds. The second-order valence-corrected chi connectivity index (χ2v) is 7.32. The van der Waals surface area contributed by atoms with Crippen molar-refractivity contribution >= 4 is 0 Å². The van der Waals surface area contributed by atoms with Crippen LogP contribution in [-0.2, 0) is 0 Å². The Labute approximate surface area is 119 Å². The minimum Gasteiger partial charge on any atom is -0.329 e. The molecule has 2 rings (SSSR count). The van der Waals surface area contributed by atoms with Gasteiger partial charge < -0.3 is 10.6 Å². The molecule has 112 valence electrons. The first kappa shape index (κ1) is 15.3. The second-order valence-electron chi connectivity index (χ2n) is 7.32. The molecular formula is C16H33N3. The van der Waals surface area contributed by atoms with Crippen LogP contribution < -0.4 is 5.73 Å². The molecule has 0 aromatic carbocycles. The lowest BCUT2D eigenvalue weighted by atomic mass is 9.82. The monoisotopic (exact) mass is 267 g/mol. The summed E-state index contributed by atoms with van der Waals surface area (Å²) in [4.78, 5) is 5.36. The van der Waals surface area contributed by atoms with Crippen molar-refractivity contribution < 1.29 is 0 Å². The van der Waals surface area contributed by atoms with E-state index in [9.17, 15) is 0 Å². The van der Waals surface area contributed by atoms with Crippen LogP contribution in [0, 0.1) is 11.8 Å². The largest absolute Gasteiger partial charge is 0.329 e. The third kappa shape index (κ3) is 3.71. The normalized spacial score (nSPS) is 29.8. The van der Waals surface area contributed by atoms with Crippen molar-refractivity contribution in [3.63, 3.8) is 0 Å². The molecular weight excluding hydrogens is 234 g/mol. The second kappa shape index (κ2) is 6.55. The van der Waals surface area contributed by atoms with E-state index in [2.05, 4.69) is 30.6 Å². The molecule has 2 aliphatic heterocycles. The summed E-state index contributed by atoms with van der Waals surface area (Å²) in [7, 11) is 0. The smallest absolute Gasteiger partial charge is 0.0356 e. The van der Waals surface area contributed by atoms with Crippen LogP contribution in [0.4, 0.5) is 0 Å². The predicted octanol–water partition coefficient (Wildman–Crippen LogP) is 2.17. The number of piperidine rings is 2. The van der Waals surface area contributed by atoms with E-state index in [1.807, 2.05) is 0 Å². The van der Waals surface area contributed by atoms with E-state index >= 15 is 0 Å². The van der Waals surface area contributed by atoms with Gasteiger partial charge in [-0.15, -0.1) is 0 Å². The molecule has 2 aliphatic rings. The molecule has 2 N–H and O–H groups in total. The number of likely N-dealkylation sites (tertiary alicyclic amines) is 2. The van der Waals surface area contributed by atoms with Crippen LogP contribution in [0.1, 0.15) is 46.5 Å². The van der Waals surface area contributed by atoms with Crippen LogP contribution in [0.5, 0.6) is 0 Å². The number of rotatable bonds is 4. The topological polar surface area (TPSA) is 32.5 Å². The minimum atomic E-state index is 0.308. The molecule has 0 spiro atoms. The zero-order valence-corrected chi connectivity index (χ0v) is 13.2. The third-order valence-electron chi connectivity index (χ3n) is 5.12. The fourth-order valence-corrected chi connectivity index (χ4v) is 3.94. The van der Waals surface area contributed by atoms with Gasteiger partial charge >= 0.3 is 0 Å². The Morgan fingerprint density at radius 3 is 2.42 bits per heavy atom. The van der Waals surface area contributed by atoms with Gasteiger partial charge in [0.1, 0.15) is 0 Å². The summed E-state index contributed by atoms with van der Waals surface area (Å²) < 4.78 is 0. The van der Waals surface area contributed by atoms with Gasteiger partial charge in [-0.05, 0) is 57.2 Å². The van der Waals surface area contributed by atoms with Gasteiger partial charge in [-0.1, -0.05) is 20.8 Å². The lowest BCUT2D eigenvalue weighted by molar-refractivity contribution is -0.000507. The lowest BCUT2D eigenvalue weighted by Crippen LogP contribution is -2.61. The van der Waals surface area contributed by atoms with Gasteiger partial charge in [-0.2, -0.15) is 0 Å². The maximum atomic E-state index is 6.20. The molecule has 2 fully saturated rings.